The SMILES string of the molecule is CC(C)Oc1ccc(COc2ccc3c(c2)OCC(CN2CCC[C@H](C(O)O)C2)=C3)cc1Cl. The van der Waals surface area contributed by atoms with Crippen molar-refractivity contribution < 1.29 is 24.4 Å². The van der Waals surface area contributed by atoms with Crippen LogP contribution in [0, 0.1) is 5.92 Å². The van der Waals surface area contributed by atoms with Crippen molar-refractivity contribution in [3.63, 3.8) is 0 Å². The van der Waals surface area contributed by atoms with E-state index in [-0.39, 0.29) is 12.0 Å². The Bertz CT molecular complexity index is 991. The number of fused-ring (bicyclic) bond motifs is 1. The molecule has 0 radical (unpaired) electrons. The van der Waals surface area contributed by atoms with Gasteiger partial charge in [-0.05, 0) is 74.7 Å². The van der Waals surface area contributed by atoms with Crippen molar-refractivity contribution in [1.82, 2.24) is 4.90 Å². The van der Waals surface area contributed by atoms with Crippen LogP contribution in [-0.2, 0) is 6.61 Å². The zero-order chi connectivity index (χ0) is 23.4. The summed E-state index contributed by atoms with van der Waals surface area (Å²) in [7, 11) is 0. The molecule has 2 N–H and O–H groups in total. The molecule has 6 nitrogen and oxygen atoms in total. The van der Waals surface area contributed by atoms with Gasteiger partial charge in [-0.2, -0.15) is 0 Å². The highest BCUT2D eigenvalue weighted by molar-refractivity contribution is 6.32. The molecule has 0 amide bonds. The number of nitrogens with zero attached hydrogens (tertiary/aromatic N) is 1. The summed E-state index contributed by atoms with van der Waals surface area (Å²) in [5, 5.41) is 19.6. The highest BCUT2D eigenvalue weighted by Crippen LogP contribution is 2.32. The third-order valence-corrected chi connectivity index (χ3v) is 6.21. The molecule has 1 saturated heterocycles. The Kier molecular flexibility index (Phi) is 7.81. The third kappa shape index (κ3) is 6.42. The molecule has 178 valence electrons. The maximum Gasteiger partial charge on any atom is 0.155 e. The van der Waals surface area contributed by atoms with E-state index in [0.29, 0.717) is 30.5 Å². The van der Waals surface area contributed by atoms with E-state index in [1.807, 2.05) is 50.2 Å². The molecule has 2 aromatic rings. The molecule has 33 heavy (non-hydrogen) atoms. The summed E-state index contributed by atoms with van der Waals surface area (Å²) in [4.78, 5) is 2.27. The minimum atomic E-state index is -1.24. The maximum absolute atomic E-state index is 9.50. The number of ether oxygens (including phenoxy) is 3. The van der Waals surface area contributed by atoms with Gasteiger partial charge in [-0.3, -0.25) is 4.90 Å². The van der Waals surface area contributed by atoms with Gasteiger partial charge in [-0.1, -0.05) is 17.7 Å². The topological polar surface area (TPSA) is 71.4 Å². The number of rotatable bonds is 8. The number of hydrogen-bond acceptors (Lipinski definition) is 6. The van der Waals surface area contributed by atoms with Crippen molar-refractivity contribution in [2.24, 2.45) is 5.92 Å². The molecule has 0 aromatic heterocycles. The Morgan fingerprint density at radius 3 is 2.79 bits per heavy atom. The van der Waals surface area contributed by atoms with E-state index in [4.69, 9.17) is 25.8 Å². The van der Waals surface area contributed by atoms with Gasteiger partial charge in [0, 0.05) is 30.6 Å². The van der Waals surface area contributed by atoms with E-state index in [2.05, 4.69) is 11.0 Å². The quantitative estimate of drug-likeness (QED) is 0.550. The Balaban J connectivity index is 1.35. The standard InChI is InChI=1S/C26H32ClNO5/c1-17(2)33-24-8-5-18(11-23(24)27)15-31-22-7-6-20-10-19(16-32-25(20)12-22)13-28-9-3-4-21(14-28)26(29)30/h5-8,10-12,17,21,26,29-30H,3-4,9,13-16H2,1-2H3/t21-/m0/s1. The first-order chi connectivity index (χ1) is 15.9. The monoisotopic (exact) mass is 473 g/mol. The van der Waals surface area contributed by atoms with Crippen LogP contribution in [0.15, 0.2) is 42.0 Å². The van der Waals surface area contributed by atoms with E-state index < -0.39 is 6.29 Å². The Morgan fingerprint density at radius 2 is 2.03 bits per heavy atom. The molecule has 2 aromatic carbocycles. The summed E-state index contributed by atoms with van der Waals surface area (Å²) in [6.07, 6.45) is 2.82. The van der Waals surface area contributed by atoms with E-state index in [0.717, 1.165) is 48.6 Å². The number of aliphatic hydroxyl groups is 2. The van der Waals surface area contributed by atoms with Crippen LogP contribution in [0.5, 0.6) is 17.2 Å². The zero-order valence-corrected chi connectivity index (χ0v) is 19.9. The Labute approximate surface area is 200 Å². The summed E-state index contributed by atoms with van der Waals surface area (Å²) in [5.74, 6) is 2.13. The van der Waals surface area contributed by atoms with Crippen molar-refractivity contribution >= 4 is 17.7 Å². The smallest absolute Gasteiger partial charge is 0.155 e. The fourth-order valence-corrected chi connectivity index (χ4v) is 4.54. The molecule has 2 heterocycles. The zero-order valence-electron chi connectivity index (χ0n) is 19.2. The van der Waals surface area contributed by atoms with Crippen LogP contribution >= 0.6 is 11.6 Å². The van der Waals surface area contributed by atoms with Crippen molar-refractivity contribution in [2.45, 2.75) is 45.7 Å². The summed E-state index contributed by atoms with van der Waals surface area (Å²) in [5.41, 5.74) is 3.17. The molecular formula is C26H32ClNO5. The minimum Gasteiger partial charge on any atom is -0.489 e. The second kappa shape index (κ2) is 10.8. The lowest BCUT2D eigenvalue weighted by atomic mass is 9.96. The molecule has 7 heteroatoms. The van der Waals surface area contributed by atoms with Crippen LogP contribution < -0.4 is 14.2 Å². The highest BCUT2D eigenvalue weighted by atomic mass is 35.5. The molecule has 0 spiro atoms. The lowest BCUT2D eigenvalue weighted by molar-refractivity contribution is -0.100. The van der Waals surface area contributed by atoms with Gasteiger partial charge in [0.15, 0.2) is 6.29 Å². The van der Waals surface area contributed by atoms with E-state index in [9.17, 15) is 10.2 Å². The lowest BCUT2D eigenvalue weighted by Gasteiger charge is -2.34. The van der Waals surface area contributed by atoms with Gasteiger partial charge < -0.3 is 24.4 Å². The van der Waals surface area contributed by atoms with Gasteiger partial charge in [-0.25, -0.2) is 0 Å². The van der Waals surface area contributed by atoms with Crippen molar-refractivity contribution in [2.75, 3.05) is 26.2 Å². The molecule has 4 rings (SSSR count). The molecule has 0 unspecified atom stereocenters. The predicted octanol–water partition coefficient (Wildman–Crippen LogP) is 4.50. The number of halogens is 1. The molecule has 0 saturated carbocycles. The van der Waals surface area contributed by atoms with E-state index >= 15 is 0 Å². The average Bonchev–Trinajstić information content (AvgIpc) is 2.79. The van der Waals surface area contributed by atoms with Crippen molar-refractivity contribution in [3.8, 4) is 17.2 Å². The van der Waals surface area contributed by atoms with Gasteiger partial charge in [0.2, 0.25) is 0 Å². The van der Waals surface area contributed by atoms with Crippen LogP contribution in [0.1, 0.15) is 37.8 Å². The van der Waals surface area contributed by atoms with Crippen LogP contribution in [0.4, 0.5) is 0 Å². The number of aliphatic hydroxyl groups excluding tert-OH is 1. The molecule has 0 aliphatic carbocycles. The fraction of sp³-hybridized carbons (Fsp3) is 0.462. The van der Waals surface area contributed by atoms with Gasteiger partial charge in [0.05, 0.1) is 11.1 Å². The largest absolute Gasteiger partial charge is 0.489 e. The molecule has 1 fully saturated rings. The van der Waals surface area contributed by atoms with E-state index in [1.54, 1.807) is 0 Å². The minimum absolute atomic E-state index is 0.0693. The Hall–Kier alpha value is -2.25. The maximum atomic E-state index is 9.50. The molecular weight excluding hydrogens is 442 g/mol. The second-order valence-electron chi connectivity index (χ2n) is 9.06. The Morgan fingerprint density at radius 1 is 1.18 bits per heavy atom. The summed E-state index contributed by atoms with van der Waals surface area (Å²) < 4.78 is 17.6. The number of likely N-dealkylation sites (tertiary alicyclic amines) is 1. The van der Waals surface area contributed by atoms with Gasteiger partial charge in [0.25, 0.3) is 0 Å². The average molecular weight is 474 g/mol. The van der Waals surface area contributed by atoms with Crippen molar-refractivity contribution in [3.05, 3.63) is 58.1 Å². The normalized spacial score (nSPS) is 18.6. The highest BCUT2D eigenvalue weighted by Gasteiger charge is 2.25. The van der Waals surface area contributed by atoms with Gasteiger partial charge >= 0.3 is 0 Å². The van der Waals surface area contributed by atoms with Crippen LogP contribution in [0.3, 0.4) is 0 Å². The van der Waals surface area contributed by atoms with Crippen LogP contribution in [-0.4, -0.2) is 53.7 Å². The fourth-order valence-electron chi connectivity index (χ4n) is 4.29. The predicted molar refractivity (Wildman–Crippen MR) is 129 cm³/mol. The van der Waals surface area contributed by atoms with Crippen LogP contribution in [0.25, 0.3) is 6.08 Å². The molecule has 2 aliphatic heterocycles. The molecule has 0 bridgehead atoms. The van der Waals surface area contributed by atoms with Crippen molar-refractivity contribution in [1.29, 1.82) is 0 Å². The van der Waals surface area contributed by atoms with E-state index in [1.165, 1.54) is 5.57 Å². The summed E-state index contributed by atoms with van der Waals surface area (Å²) >= 11 is 6.32. The third-order valence-electron chi connectivity index (χ3n) is 5.91. The first-order valence-electron chi connectivity index (χ1n) is 11.5. The number of hydrogen-bond donors (Lipinski definition) is 2. The molecule has 2 aliphatic rings. The summed E-state index contributed by atoms with van der Waals surface area (Å²) in [6, 6.07) is 11.6. The van der Waals surface area contributed by atoms with Crippen LogP contribution in [0.2, 0.25) is 5.02 Å². The number of benzene rings is 2. The first-order valence-corrected chi connectivity index (χ1v) is 11.9. The first kappa shape index (κ1) is 23.9. The summed E-state index contributed by atoms with van der Waals surface area (Å²) in [6.45, 7) is 7.29. The van der Waals surface area contributed by atoms with Gasteiger partial charge in [-0.15, -0.1) is 0 Å². The molecule has 1 atom stereocenters. The second-order valence-corrected chi connectivity index (χ2v) is 9.47. The lowest BCUT2D eigenvalue weighted by Crippen LogP contribution is -2.41. The number of piperidine rings is 1. The van der Waals surface area contributed by atoms with Gasteiger partial charge in [0.1, 0.15) is 30.5 Å².